The molecule has 9 aliphatic rings. The maximum Gasteiger partial charge on any atom is 0.315 e. The van der Waals surface area contributed by atoms with Gasteiger partial charge in [-0.1, -0.05) is 46.3 Å². The van der Waals surface area contributed by atoms with Gasteiger partial charge in [-0.15, -0.1) is 0 Å². The topological polar surface area (TPSA) is 411 Å². The van der Waals surface area contributed by atoms with Gasteiger partial charge in [0.15, 0.2) is 18.9 Å². The third-order valence-corrected chi connectivity index (χ3v) is 21.5. The number of hydrogen-bond donors (Lipinski definition) is 15. The normalized spacial score (nSPS) is 53.5. The van der Waals surface area contributed by atoms with E-state index >= 15 is 4.79 Å². The second kappa shape index (κ2) is 22.4. The second-order valence-electron chi connectivity index (χ2n) is 26.1. The maximum atomic E-state index is 15.2. The molecule has 0 aromatic carbocycles. The zero-order valence-electron chi connectivity index (χ0n) is 45.6. The van der Waals surface area contributed by atoms with Crippen LogP contribution in [0.1, 0.15) is 106 Å². The van der Waals surface area contributed by atoms with Gasteiger partial charge in [-0.25, -0.2) is 0 Å². The summed E-state index contributed by atoms with van der Waals surface area (Å²) in [5.41, 5.74) is -2.54. The van der Waals surface area contributed by atoms with E-state index in [1.807, 2.05) is 0 Å². The van der Waals surface area contributed by atoms with E-state index in [-0.39, 0.29) is 34.0 Å². The molecule has 0 aromatic heterocycles. The van der Waals surface area contributed by atoms with Gasteiger partial charge in [0.25, 0.3) is 0 Å². The molecular weight excluding hydrogens is 1050 g/mol. The van der Waals surface area contributed by atoms with Crippen LogP contribution in [-0.4, -0.2) is 244 Å². The summed E-state index contributed by atoms with van der Waals surface area (Å²) in [5.74, 6) is -2.13. The highest BCUT2D eigenvalue weighted by Crippen LogP contribution is 2.76. The van der Waals surface area contributed by atoms with Crippen LogP contribution in [0.5, 0.6) is 0 Å². The van der Waals surface area contributed by atoms with E-state index in [1.165, 1.54) is 0 Å². The largest absolute Gasteiger partial charge is 0.481 e. The quantitative estimate of drug-likeness (QED) is 0.0647. The van der Waals surface area contributed by atoms with E-state index < -0.39 is 184 Å². The second-order valence-corrected chi connectivity index (χ2v) is 26.1. The zero-order valence-corrected chi connectivity index (χ0v) is 45.6. The molecule has 5 aliphatic carbocycles. The van der Waals surface area contributed by atoms with E-state index in [2.05, 4.69) is 40.7 Å². The van der Waals surface area contributed by atoms with Crippen LogP contribution < -0.4 is 0 Å². The lowest BCUT2D eigenvalue weighted by molar-refractivity contribution is -0.378. The minimum Gasteiger partial charge on any atom is -0.481 e. The minimum absolute atomic E-state index is 0.0905. The van der Waals surface area contributed by atoms with Gasteiger partial charge < -0.3 is 114 Å². The molecule has 0 amide bonds. The maximum absolute atomic E-state index is 15.2. The Kier molecular flexibility index (Phi) is 17.4. The van der Waals surface area contributed by atoms with E-state index in [0.29, 0.717) is 57.8 Å². The van der Waals surface area contributed by atoms with E-state index in [1.54, 1.807) is 6.92 Å². The Hall–Kier alpha value is -2.16. The van der Waals surface area contributed by atoms with E-state index in [9.17, 15) is 81.4 Å². The van der Waals surface area contributed by atoms with Gasteiger partial charge in [-0.3, -0.25) is 9.59 Å². The van der Waals surface area contributed by atoms with Crippen LogP contribution in [0.2, 0.25) is 0 Å². The Bertz CT molecular complexity index is 2220. The molecule has 29 unspecified atom stereocenters. The molecule has 4 heterocycles. The monoisotopic (exact) mass is 1130 g/mol. The van der Waals surface area contributed by atoms with Crippen LogP contribution >= 0.6 is 0 Å². The number of hydrogen-bond acceptors (Lipinski definition) is 24. The lowest BCUT2D eigenvalue weighted by atomic mass is 9.33. The molecule has 29 atom stereocenters. The van der Waals surface area contributed by atoms with Crippen molar-refractivity contribution < 1.29 is 124 Å². The summed E-state index contributed by atoms with van der Waals surface area (Å²) in [4.78, 5) is 28.2. The van der Waals surface area contributed by atoms with Gasteiger partial charge in [0.1, 0.15) is 97.7 Å². The first-order valence-corrected chi connectivity index (χ1v) is 28.0. The van der Waals surface area contributed by atoms with Gasteiger partial charge in [-0.2, -0.15) is 0 Å². The number of carboxylic acids is 1. The number of aliphatic hydroxyl groups excluding tert-OH is 14. The molecule has 15 N–H and O–H groups in total. The van der Waals surface area contributed by atoms with Crippen molar-refractivity contribution in [2.24, 2.45) is 50.2 Å². The number of esters is 1. The molecule has 25 heteroatoms. The Morgan fingerprint density at radius 3 is 1.70 bits per heavy atom. The fourth-order valence-corrected chi connectivity index (χ4v) is 16.3. The van der Waals surface area contributed by atoms with Gasteiger partial charge in [0.05, 0.1) is 43.4 Å². The number of carboxylic acid groups (broad SMARTS) is 1. The molecular formula is C54H86O25. The lowest BCUT2D eigenvalue weighted by Crippen LogP contribution is -2.67. The summed E-state index contributed by atoms with van der Waals surface area (Å²) in [5, 5.41) is 162. The number of aliphatic carboxylic acids is 1. The number of allylic oxidation sites excluding steroid dienone is 2. The molecule has 0 spiro atoms. The van der Waals surface area contributed by atoms with Crippen LogP contribution in [0.15, 0.2) is 11.6 Å². The van der Waals surface area contributed by atoms with Crippen LogP contribution in [0.25, 0.3) is 0 Å². The first kappa shape index (κ1) is 61.4. The standard InChI is InChI=1S/C54H86O25/c1-49(2)13-15-54(16-14-51(4)22(23(54)17-49)7-8-28-50(3)11-10-30(58)53(6,47(69)70)29(50)9-12-52(28,51)5)48(71)79-45-40(68)41(34(62)26(20-57)74-45)77-44-39(67)36(64)33(61)27(76-44)21-72-46-42(37(65)32(60)25(19-56)75-46)78-43-38(66)35(63)31(59)24(18-55)73-43/h7,23-46,55-68H,8-21H2,1-6H3,(H,69,70). The van der Waals surface area contributed by atoms with Crippen LogP contribution in [0.3, 0.4) is 0 Å². The first-order chi connectivity index (χ1) is 37.0. The average Bonchev–Trinajstić information content (AvgIpc) is 3.60. The fraction of sp³-hybridized carbons (Fsp3) is 0.926. The number of fused-ring (bicyclic) bond motifs is 7. The number of aliphatic hydroxyl groups is 14. The molecule has 4 aliphatic heterocycles. The van der Waals surface area contributed by atoms with E-state index in [4.69, 9.17) is 37.9 Å². The Morgan fingerprint density at radius 1 is 0.557 bits per heavy atom. The molecule has 452 valence electrons. The lowest BCUT2D eigenvalue weighted by Gasteiger charge is -2.71. The van der Waals surface area contributed by atoms with Crippen LogP contribution in [0, 0.1) is 50.2 Å². The fourth-order valence-electron chi connectivity index (χ4n) is 16.3. The van der Waals surface area contributed by atoms with Gasteiger partial charge in [0.2, 0.25) is 6.29 Å². The summed E-state index contributed by atoms with van der Waals surface area (Å²) in [6.07, 6.45) is -29.8. The molecule has 79 heavy (non-hydrogen) atoms. The van der Waals surface area contributed by atoms with Crippen molar-refractivity contribution in [1.29, 1.82) is 0 Å². The number of rotatable bonds is 13. The Labute approximate surface area is 457 Å². The molecule has 8 fully saturated rings. The average molecular weight is 1140 g/mol. The van der Waals surface area contributed by atoms with Gasteiger partial charge >= 0.3 is 11.9 Å². The minimum atomic E-state index is -2.08. The summed E-state index contributed by atoms with van der Waals surface area (Å²) < 4.78 is 46.5. The van der Waals surface area contributed by atoms with Gasteiger partial charge in [-0.05, 0) is 111 Å². The molecule has 9 rings (SSSR count). The van der Waals surface area contributed by atoms with Crippen molar-refractivity contribution in [2.45, 2.75) is 235 Å². The van der Waals surface area contributed by atoms with Crippen LogP contribution in [0.4, 0.5) is 0 Å². The SMILES string of the molecule is CC1(C)CCC2(C(=O)OC3OC(CO)C(O)C(OC4OC(COC5OC(CO)C(O)C(O)C5OC5OC(CO)C(O)C(O)C5O)C(O)C(O)C4O)C3O)CCC3(C)C(=CCC4C5(C)CCC(O)C(C)(C(=O)O)C5CCC43C)C2C1. The molecule has 0 bridgehead atoms. The Balaban J connectivity index is 0.921. The van der Waals surface area contributed by atoms with Crippen molar-refractivity contribution in [2.75, 3.05) is 26.4 Å². The third-order valence-electron chi connectivity index (χ3n) is 21.5. The summed E-state index contributed by atoms with van der Waals surface area (Å²) >= 11 is 0. The highest BCUT2D eigenvalue weighted by molar-refractivity contribution is 5.79. The number of carbonyl (C=O) groups is 2. The molecule has 0 aromatic rings. The smallest absolute Gasteiger partial charge is 0.315 e. The highest BCUT2D eigenvalue weighted by atomic mass is 16.8. The first-order valence-electron chi connectivity index (χ1n) is 28.0. The van der Waals surface area contributed by atoms with Crippen molar-refractivity contribution in [3.8, 4) is 0 Å². The van der Waals surface area contributed by atoms with Crippen molar-refractivity contribution >= 4 is 11.9 Å². The highest BCUT2D eigenvalue weighted by Gasteiger charge is 2.71. The molecule has 25 nitrogen and oxygen atoms in total. The van der Waals surface area contributed by atoms with Crippen molar-refractivity contribution in [3.63, 3.8) is 0 Å². The molecule has 0 radical (unpaired) electrons. The van der Waals surface area contributed by atoms with Crippen molar-refractivity contribution in [3.05, 3.63) is 11.6 Å². The molecule has 4 saturated carbocycles. The molecule has 4 saturated heterocycles. The number of ether oxygens (including phenoxy) is 8. The number of carbonyl (C=O) groups excluding carboxylic acids is 1. The predicted molar refractivity (Wildman–Crippen MR) is 265 cm³/mol. The Morgan fingerprint density at radius 2 is 1.09 bits per heavy atom. The van der Waals surface area contributed by atoms with Crippen LogP contribution in [-0.2, 0) is 47.5 Å². The van der Waals surface area contributed by atoms with E-state index in [0.717, 1.165) is 12.0 Å². The van der Waals surface area contributed by atoms with Gasteiger partial charge in [0, 0.05) is 0 Å². The predicted octanol–water partition coefficient (Wildman–Crippen LogP) is -2.97. The summed E-state index contributed by atoms with van der Waals surface area (Å²) in [7, 11) is 0. The zero-order chi connectivity index (χ0) is 57.9. The third kappa shape index (κ3) is 9.95. The van der Waals surface area contributed by atoms with Crippen molar-refractivity contribution in [1.82, 2.24) is 0 Å². The summed E-state index contributed by atoms with van der Waals surface area (Å²) in [6, 6.07) is 0. The summed E-state index contributed by atoms with van der Waals surface area (Å²) in [6.45, 7) is 9.45.